The van der Waals surface area contributed by atoms with Gasteiger partial charge in [0.2, 0.25) is 5.91 Å². The van der Waals surface area contributed by atoms with Crippen molar-refractivity contribution in [3.8, 4) is 0 Å². The molecule has 3 aromatic carbocycles. The smallest absolute Gasteiger partial charge is 0.372 e. The number of anilines is 1. The third-order valence-corrected chi connectivity index (χ3v) is 7.07. The monoisotopic (exact) mass is 529 g/mol. The van der Waals surface area contributed by atoms with Crippen molar-refractivity contribution in [2.75, 3.05) is 31.5 Å². The highest BCUT2D eigenvalue weighted by Gasteiger charge is 2.34. The van der Waals surface area contributed by atoms with E-state index in [4.69, 9.17) is 11.6 Å². The van der Waals surface area contributed by atoms with Crippen LogP contribution in [0.15, 0.2) is 78.9 Å². The van der Waals surface area contributed by atoms with Crippen molar-refractivity contribution in [3.05, 3.63) is 101 Å². The normalized spacial score (nSPS) is 15.7. The minimum Gasteiger partial charge on any atom is -0.372 e. The number of carbonyl (C=O) groups excluding carboxylic acids is 1. The molecule has 0 bridgehead atoms. The lowest BCUT2D eigenvalue weighted by molar-refractivity contribution is -0.137. The SMILES string of the molecule is CC(C)[C@@H](Nc1ccc(C(F)(F)F)cc1Cl)C(=O)N1CCN(C(c2ccccc2)c2ccccc2)CC1. The molecule has 0 aromatic heterocycles. The maximum atomic E-state index is 13.5. The van der Waals surface area contributed by atoms with Gasteiger partial charge in [-0.1, -0.05) is 86.1 Å². The topological polar surface area (TPSA) is 35.6 Å². The third kappa shape index (κ3) is 6.46. The van der Waals surface area contributed by atoms with Crippen LogP contribution in [0.3, 0.4) is 0 Å². The van der Waals surface area contributed by atoms with E-state index >= 15 is 0 Å². The average molecular weight is 530 g/mol. The first-order valence-electron chi connectivity index (χ1n) is 12.4. The van der Waals surface area contributed by atoms with Gasteiger partial charge in [-0.15, -0.1) is 0 Å². The van der Waals surface area contributed by atoms with Crippen LogP contribution < -0.4 is 5.32 Å². The Balaban J connectivity index is 1.47. The van der Waals surface area contributed by atoms with Crippen LogP contribution in [-0.4, -0.2) is 47.9 Å². The Hall–Kier alpha value is -3.03. The number of nitrogens with zero attached hydrogens (tertiary/aromatic N) is 2. The van der Waals surface area contributed by atoms with Gasteiger partial charge in [-0.05, 0) is 35.2 Å². The summed E-state index contributed by atoms with van der Waals surface area (Å²) < 4.78 is 39.1. The molecule has 1 atom stereocenters. The minimum atomic E-state index is -4.48. The Morgan fingerprint density at radius 3 is 1.86 bits per heavy atom. The van der Waals surface area contributed by atoms with Gasteiger partial charge in [-0.3, -0.25) is 9.69 Å². The first kappa shape index (κ1) is 27.0. The number of rotatable bonds is 7. The molecule has 0 unspecified atom stereocenters. The van der Waals surface area contributed by atoms with Crippen molar-refractivity contribution < 1.29 is 18.0 Å². The Kier molecular flexibility index (Phi) is 8.45. The first-order chi connectivity index (χ1) is 17.6. The van der Waals surface area contributed by atoms with Gasteiger partial charge in [-0.2, -0.15) is 13.2 Å². The molecule has 1 heterocycles. The molecule has 4 rings (SSSR count). The van der Waals surface area contributed by atoms with E-state index < -0.39 is 17.8 Å². The minimum absolute atomic E-state index is 0.0633. The summed E-state index contributed by atoms with van der Waals surface area (Å²) in [6.07, 6.45) is -4.48. The molecule has 0 saturated carbocycles. The van der Waals surface area contributed by atoms with Gasteiger partial charge < -0.3 is 10.2 Å². The van der Waals surface area contributed by atoms with Crippen LogP contribution in [-0.2, 0) is 11.0 Å². The number of piperazine rings is 1. The maximum absolute atomic E-state index is 13.5. The first-order valence-corrected chi connectivity index (χ1v) is 12.8. The molecule has 37 heavy (non-hydrogen) atoms. The van der Waals surface area contributed by atoms with E-state index in [0.29, 0.717) is 31.9 Å². The summed E-state index contributed by atoms with van der Waals surface area (Å²) in [7, 11) is 0. The van der Waals surface area contributed by atoms with Gasteiger partial charge in [0.25, 0.3) is 0 Å². The van der Waals surface area contributed by atoms with Crippen LogP contribution >= 0.6 is 11.6 Å². The Labute approximate surface area is 221 Å². The summed E-state index contributed by atoms with van der Waals surface area (Å²) in [5, 5.41) is 3.04. The molecule has 1 N–H and O–H groups in total. The molecule has 8 heteroatoms. The zero-order valence-corrected chi connectivity index (χ0v) is 21.6. The second kappa shape index (κ2) is 11.6. The number of carbonyl (C=O) groups is 1. The van der Waals surface area contributed by atoms with E-state index in [-0.39, 0.29) is 22.9 Å². The summed E-state index contributed by atoms with van der Waals surface area (Å²) in [5.41, 5.74) is 1.89. The molecular weight excluding hydrogens is 499 g/mol. The Bertz CT molecular complexity index is 1140. The van der Waals surface area contributed by atoms with E-state index in [2.05, 4.69) is 34.5 Å². The van der Waals surface area contributed by atoms with Crippen molar-refractivity contribution >= 4 is 23.2 Å². The molecule has 1 aliphatic heterocycles. The van der Waals surface area contributed by atoms with Crippen molar-refractivity contribution in [2.45, 2.75) is 32.1 Å². The quantitative estimate of drug-likeness (QED) is 0.368. The molecule has 3 aromatic rings. The maximum Gasteiger partial charge on any atom is 0.416 e. The van der Waals surface area contributed by atoms with Gasteiger partial charge in [0, 0.05) is 26.2 Å². The lowest BCUT2D eigenvalue weighted by Gasteiger charge is -2.41. The lowest BCUT2D eigenvalue weighted by atomic mass is 9.96. The summed E-state index contributed by atoms with van der Waals surface area (Å²) in [6, 6.07) is 23.3. The van der Waals surface area contributed by atoms with Crippen LogP contribution in [0.1, 0.15) is 36.6 Å². The van der Waals surface area contributed by atoms with Crippen LogP contribution in [0.4, 0.5) is 18.9 Å². The molecule has 1 fully saturated rings. The molecule has 0 spiro atoms. The van der Waals surface area contributed by atoms with Crippen LogP contribution in [0, 0.1) is 5.92 Å². The number of amides is 1. The predicted octanol–water partition coefficient (Wildman–Crippen LogP) is 6.73. The third-order valence-electron chi connectivity index (χ3n) is 6.76. The van der Waals surface area contributed by atoms with Gasteiger partial charge in [0.05, 0.1) is 22.3 Å². The summed E-state index contributed by atoms with van der Waals surface area (Å²) in [4.78, 5) is 17.7. The van der Waals surface area contributed by atoms with Gasteiger partial charge in [-0.25, -0.2) is 0 Å². The fourth-order valence-corrected chi connectivity index (χ4v) is 5.01. The molecule has 4 nitrogen and oxygen atoms in total. The second-order valence-electron chi connectivity index (χ2n) is 9.64. The summed E-state index contributed by atoms with van der Waals surface area (Å²) in [5.74, 6) is -0.174. The number of halogens is 4. The predicted molar refractivity (Wildman–Crippen MR) is 142 cm³/mol. The number of hydrogen-bond acceptors (Lipinski definition) is 3. The molecule has 0 radical (unpaired) electrons. The van der Waals surface area contributed by atoms with Crippen molar-refractivity contribution in [2.24, 2.45) is 5.92 Å². The van der Waals surface area contributed by atoms with E-state index in [1.807, 2.05) is 55.1 Å². The van der Waals surface area contributed by atoms with Crippen molar-refractivity contribution in [1.29, 1.82) is 0 Å². The molecule has 196 valence electrons. The zero-order valence-electron chi connectivity index (χ0n) is 20.9. The van der Waals surface area contributed by atoms with E-state index in [0.717, 1.165) is 12.1 Å². The van der Waals surface area contributed by atoms with E-state index in [9.17, 15) is 18.0 Å². The van der Waals surface area contributed by atoms with Crippen molar-refractivity contribution in [3.63, 3.8) is 0 Å². The molecule has 1 saturated heterocycles. The summed E-state index contributed by atoms with van der Waals surface area (Å²) in [6.45, 7) is 6.33. The van der Waals surface area contributed by atoms with Gasteiger partial charge in [0.1, 0.15) is 6.04 Å². The van der Waals surface area contributed by atoms with Crippen molar-refractivity contribution in [1.82, 2.24) is 9.80 Å². The van der Waals surface area contributed by atoms with E-state index in [1.165, 1.54) is 17.2 Å². The Morgan fingerprint density at radius 1 is 0.865 bits per heavy atom. The zero-order chi connectivity index (χ0) is 26.6. The standard InChI is InChI=1S/C29H31ClF3N3O/c1-20(2)26(34-25-14-13-23(19-24(25)30)29(31,32)33)28(37)36-17-15-35(16-18-36)27(21-9-5-3-6-10-21)22-11-7-4-8-12-22/h3-14,19-20,26-27,34H,15-18H2,1-2H3/t26-/m1/s1. The fourth-order valence-electron chi connectivity index (χ4n) is 4.77. The highest BCUT2D eigenvalue weighted by atomic mass is 35.5. The number of nitrogens with one attached hydrogen (secondary N) is 1. The number of benzene rings is 3. The molecular formula is C29H31ClF3N3O. The molecule has 0 aliphatic carbocycles. The molecule has 1 amide bonds. The van der Waals surface area contributed by atoms with Crippen LogP contribution in [0.5, 0.6) is 0 Å². The fraction of sp³-hybridized carbons (Fsp3) is 0.345. The molecule has 1 aliphatic rings. The van der Waals surface area contributed by atoms with Gasteiger partial charge in [0.15, 0.2) is 0 Å². The van der Waals surface area contributed by atoms with Gasteiger partial charge >= 0.3 is 6.18 Å². The largest absolute Gasteiger partial charge is 0.416 e. The number of alkyl halides is 3. The average Bonchev–Trinajstić information content (AvgIpc) is 2.89. The van der Waals surface area contributed by atoms with Crippen LogP contribution in [0.25, 0.3) is 0 Å². The lowest BCUT2D eigenvalue weighted by Crippen LogP contribution is -2.54. The highest BCUT2D eigenvalue weighted by molar-refractivity contribution is 6.33. The van der Waals surface area contributed by atoms with E-state index in [1.54, 1.807) is 0 Å². The Morgan fingerprint density at radius 2 is 1.41 bits per heavy atom. The number of hydrogen-bond donors (Lipinski definition) is 1. The highest BCUT2D eigenvalue weighted by Crippen LogP contribution is 2.35. The summed E-state index contributed by atoms with van der Waals surface area (Å²) >= 11 is 6.15. The second-order valence-corrected chi connectivity index (χ2v) is 10.1. The van der Waals surface area contributed by atoms with Crippen LogP contribution in [0.2, 0.25) is 5.02 Å².